The number of hydrogen-bond acceptors (Lipinski definition) is 3. The molecular formula is C5H9N3O4. The monoisotopic (exact) mass is 175 g/mol. The lowest BCUT2D eigenvalue weighted by atomic mass is 10.2. The molecule has 0 aromatic rings. The van der Waals surface area contributed by atoms with Crippen LogP contribution in [0.25, 0.3) is 0 Å². The Morgan fingerprint density at radius 3 is 2.08 bits per heavy atom. The van der Waals surface area contributed by atoms with Crippen molar-refractivity contribution in [3.63, 3.8) is 0 Å². The van der Waals surface area contributed by atoms with Crippen LogP contribution in [0.5, 0.6) is 0 Å². The second kappa shape index (κ2) is 4.16. The maximum atomic E-state index is 10.5. The largest absolute Gasteiger partial charge is 0.481 e. The molecule has 0 aromatic heterocycles. The molecule has 68 valence electrons. The maximum Gasteiger partial charge on any atom is 0.312 e. The lowest BCUT2D eigenvalue weighted by Gasteiger charge is -2.10. The summed E-state index contributed by atoms with van der Waals surface area (Å²) in [6.07, 6.45) is -0.571. The zero-order chi connectivity index (χ0) is 9.72. The fraction of sp³-hybridized carbons (Fsp3) is 0.400. The molecule has 0 spiro atoms. The fourth-order valence-corrected chi connectivity index (χ4v) is 0.569. The summed E-state index contributed by atoms with van der Waals surface area (Å²) in [6.45, 7) is 0. The number of aliphatic carboxylic acids is 1. The van der Waals surface area contributed by atoms with Crippen molar-refractivity contribution in [2.24, 2.45) is 11.5 Å². The lowest BCUT2D eigenvalue weighted by Crippen LogP contribution is -2.47. The van der Waals surface area contributed by atoms with E-state index < -0.39 is 30.4 Å². The van der Waals surface area contributed by atoms with Crippen molar-refractivity contribution in [3.05, 3.63) is 0 Å². The first-order valence-corrected chi connectivity index (χ1v) is 3.00. The Labute approximate surface area is 67.7 Å². The van der Waals surface area contributed by atoms with Crippen LogP contribution in [0.2, 0.25) is 0 Å². The molecule has 0 saturated carbocycles. The highest BCUT2D eigenvalue weighted by Crippen LogP contribution is 1.90. The predicted molar refractivity (Wildman–Crippen MR) is 38.0 cm³/mol. The van der Waals surface area contributed by atoms with E-state index in [9.17, 15) is 14.4 Å². The molecule has 3 amide bonds. The summed E-state index contributed by atoms with van der Waals surface area (Å²) in [6, 6.07) is -2.24. The van der Waals surface area contributed by atoms with Gasteiger partial charge in [0.1, 0.15) is 6.04 Å². The molecule has 0 heterocycles. The number of carbonyl (C=O) groups is 3. The minimum absolute atomic E-state index is 0.571. The average molecular weight is 175 g/mol. The van der Waals surface area contributed by atoms with Gasteiger partial charge in [-0.15, -0.1) is 0 Å². The van der Waals surface area contributed by atoms with Crippen LogP contribution in [-0.4, -0.2) is 29.1 Å². The van der Waals surface area contributed by atoms with Gasteiger partial charge in [0, 0.05) is 0 Å². The first-order chi connectivity index (χ1) is 5.43. The van der Waals surface area contributed by atoms with Crippen molar-refractivity contribution in [2.45, 2.75) is 12.5 Å². The Kier molecular flexibility index (Phi) is 3.54. The van der Waals surface area contributed by atoms with Crippen molar-refractivity contribution in [1.82, 2.24) is 5.32 Å². The number of nitrogens with two attached hydrogens (primary N) is 2. The van der Waals surface area contributed by atoms with Gasteiger partial charge in [0.05, 0.1) is 6.42 Å². The summed E-state index contributed by atoms with van der Waals surface area (Å²) in [7, 11) is 0. The van der Waals surface area contributed by atoms with Crippen molar-refractivity contribution in [3.8, 4) is 0 Å². The predicted octanol–water partition coefficient (Wildman–Crippen LogP) is -2.02. The normalized spacial score (nSPS) is 11.7. The highest BCUT2D eigenvalue weighted by molar-refractivity contribution is 5.88. The van der Waals surface area contributed by atoms with Gasteiger partial charge in [-0.3, -0.25) is 9.59 Å². The molecule has 0 rings (SSSR count). The molecule has 12 heavy (non-hydrogen) atoms. The topological polar surface area (TPSA) is 136 Å². The smallest absolute Gasteiger partial charge is 0.312 e. The Balaban J connectivity index is 4.14. The van der Waals surface area contributed by atoms with Crippen LogP contribution in [0.1, 0.15) is 6.42 Å². The molecular weight excluding hydrogens is 166 g/mol. The standard InChI is InChI=1S/C5H9N3O4/c6-4(11)2(1-3(9)10)8-5(7)12/h2H,1H2,(H2,6,11)(H,9,10)(H3,7,8,12)/t2-/m0/s1. The van der Waals surface area contributed by atoms with E-state index in [1.165, 1.54) is 0 Å². The Bertz CT molecular complexity index is 199. The van der Waals surface area contributed by atoms with Crippen LogP contribution in [0.3, 0.4) is 0 Å². The molecule has 0 unspecified atom stereocenters. The summed E-state index contributed by atoms with van der Waals surface area (Å²) in [4.78, 5) is 30.8. The Hall–Kier alpha value is -1.79. The minimum Gasteiger partial charge on any atom is -0.481 e. The summed E-state index contributed by atoms with van der Waals surface area (Å²) in [5, 5.41) is 10.1. The molecule has 0 aliphatic carbocycles. The molecule has 0 saturated heterocycles. The fourth-order valence-electron chi connectivity index (χ4n) is 0.569. The van der Waals surface area contributed by atoms with E-state index in [4.69, 9.17) is 10.8 Å². The number of nitrogens with one attached hydrogen (secondary N) is 1. The molecule has 0 aromatic carbocycles. The quantitative estimate of drug-likeness (QED) is 0.392. The molecule has 7 nitrogen and oxygen atoms in total. The van der Waals surface area contributed by atoms with Gasteiger partial charge < -0.3 is 21.9 Å². The number of carboxylic acid groups (broad SMARTS) is 1. The number of hydrogen-bond donors (Lipinski definition) is 4. The minimum atomic E-state index is -1.25. The summed E-state index contributed by atoms with van der Waals surface area (Å²) in [5.41, 5.74) is 9.42. The van der Waals surface area contributed by atoms with Crippen LogP contribution in [0.15, 0.2) is 0 Å². The highest BCUT2D eigenvalue weighted by atomic mass is 16.4. The summed E-state index contributed by atoms with van der Waals surface area (Å²) in [5.74, 6) is -2.18. The van der Waals surface area contributed by atoms with E-state index in [0.29, 0.717) is 0 Å². The van der Waals surface area contributed by atoms with Crippen LogP contribution < -0.4 is 16.8 Å². The number of carbonyl (C=O) groups excluding carboxylic acids is 2. The van der Waals surface area contributed by atoms with Gasteiger partial charge in [-0.05, 0) is 0 Å². The number of primary amides is 2. The van der Waals surface area contributed by atoms with E-state index in [2.05, 4.69) is 5.73 Å². The number of rotatable bonds is 4. The van der Waals surface area contributed by atoms with E-state index in [-0.39, 0.29) is 0 Å². The van der Waals surface area contributed by atoms with Crippen molar-refractivity contribution >= 4 is 17.9 Å². The third-order valence-corrected chi connectivity index (χ3v) is 1.04. The van der Waals surface area contributed by atoms with Gasteiger partial charge in [0.25, 0.3) is 0 Å². The van der Waals surface area contributed by atoms with Crippen LogP contribution in [-0.2, 0) is 9.59 Å². The van der Waals surface area contributed by atoms with Crippen LogP contribution in [0.4, 0.5) is 4.79 Å². The van der Waals surface area contributed by atoms with Gasteiger partial charge in [-0.1, -0.05) is 0 Å². The molecule has 0 aliphatic heterocycles. The third kappa shape index (κ3) is 4.09. The van der Waals surface area contributed by atoms with E-state index in [0.717, 1.165) is 0 Å². The molecule has 6 N–H and O–H groups in total. The van der Waals surface area contributed by atoms with Gasteiger partial charge in [0.15, 0.2) is 0 Å². The van der Waals surface area contributed by atoms with Crippen LogP contribution in [0, 0.1) is 0 Å². The average Bonchev–Trinajstić information content (AvgIpc) is 1.83. The van der Waals surface area contributed by atoms with Gasteiger partial charge in [0.2, 0.25) is 5.91 Å². The van der Waals surface area contributed by atoms with Gasteiger partial charge in [-0.2, -0.15) is 0 Å². The van der Waals surface area contributed by atoms with E-state index in [1.54, 1.807) is 0 Å². The second-order valence-electron chi connectivity index (χ2n) is 2.06. The summed E-state index contributed by atoms with van der Waals surface area (Å²) >= 11 is 0. The maximum absolute atomic E-state index is 10.5. The summed E-state index contributed by atoms with van der Waals surface area (Å²) < 4.78 is 0. The molecule has 0 radical (unpaired) electrons. The molecule has 0 fully saturated rings. The van der Waals surface area contributed by atoms with Gasteiger partial charge in [-0.25, -0.2) is 4.79 Å². The second-order valence-corrected chi connectivity index (χ2v) is 2.06. The molecule has 1 atom stereocenters. The zero-order valence-electron chi connectivity index (χ0n) is 6.11. The first kappa shape index (κ1) is 10.2. The van der Waals surface area contributed by atoms with E-state index in [1.807, 2.05) is 5.32 Å². The van der Waals surface area contributed by atoms with E-state index >= 15 is 0 Å². The lowest BCUT2D eigenvalue weighted by molar-refractivity contribution is -0.139. The van der Waals surface area contributed by atoms with Crippen LogP contribution >= 0.6 is 0 Å². The van der Waals surface area contributed by atoms with Gasteiger partial charge >= 0.3 is 12.0 Å². The number of urea groups is 1. The number of amides is 3. The van der Waals surface area contributed by atoms with Crippen molar-refractivity contribution < 1.29 is 19.5 Å². The first-order valence-electron chi connectivity index (χ1n) is 3.00. The molecule has 0 aliphatic rings. The highest BCUT2D eigenvalue weighted by Gasteiger charge is 2.19. The Morgan fingerprint density at radius 2 is 1.83 bits per heavy atom. The number of carboxylic acids is 1. The SMILES string of the molecule is NC(=O)N[C@@H](CC(=O)O)C(N)=O. The molecule has 0 bridgehead atoms. The van der Waals surface area contributed by atoms with Crippen molar-refractivity contribution in [2.75, 3.05) is 0 Å². The molecule has 7 heteroatoms. The Morgan fingerprint density at radius 1 is 1.33 bits per heavy atom. The third-order valence-electron chi connectivity index (χ3n) is 1.04. The van der Waals surface area contributed by atoms with Crippen molar-refractivity contribution in [1.29, 1.82) is 0 Å². The zero-order valence-corrected chi connectivity index (χ0v) is 6.11.